The van der Waals surface area contributed by atoms with E-state index in [1.165, 1.54) is 15.6 Å². The molecule has 0 radical (unpaired) electrons. The molecular weight excluding hydrogens is 346 g/mol. The Kier molecular flexibility index (Phi) is 5.29. The molecule has 24 heavy (non-hydrogen) atoms. The number of carbonyl (C=O) groups excluding carboxylic acids is 1. The number of hydrogen-bond donors (Lipinski definition) is 2. The van der Waals surface area contributed by atoms with Crippen molar-refractivity contribution in [2.45, 2.75) is 54.7 Å². The van der Waals surface area contributed by atoms with E-state index in [2.05, 4.69) is 5.32 Å². The summed E-state index contributed by atoms with van der Waals surface area (Å²) in [5.41, 5.74) is 5.58. The van der Waals surface area contributed by atoms with Crippen molar-refractivity contribution >= 4 is 27.3 Å². The number of thiophene rings is 1. The van der Waals surface area contributed by atoms with E-state index >= 15 is 0 Å². The molecular formula is C16H25N3O3S2. The summed E-state index contributed by atoms with van der Waals surface area (Å²) in [5, 5.41) is 3.08. The highest BCUT2D eigenvalue weighted by Crippen LogP contribution is 2.30. The number of sulfonamides is 1. The smallest absolute Gasteiger partial charge is 0.252 e. The van der Waals surface area contributed by atoms with Gasteiger partial charge in [0.25, 0.3) is 10.0 Å². The van der Waals surface area contributed by atoms with Gasteiger partial charge in [-0.05, 0) is 37.8 Å². The molecule has 2 heterocycles. The molecule has 3 rings (SSSR count). The van der Waals surface area contributed by atoms with Crippen molar-refractivity contribution in [1.82, 2.24) is 9.62 Å². The summed E-state index contributed by atoms with van der Waals surface area (Å²) in [5.74, 6) is -0.0747. The molecule has 1 saturated carbocycles. The third-order valence-corrected chi connectivity index (χ3v) is 8.44. The van der Waals surface area contributed by atoms with Gasteiger partial charge in [0.05, 0.1) is 12.0 Å². The zero-order valence-corrected chi connectivity index (χ0v) is 15.4. The van der Waals surface area contributed by atoms with Crippen LogP contribution in [0.5, 0.6) is 0 Å². The Morgan fingerprint density at radius 3 is 2.50 bits per heavy atom. The van der Waals surface area contributed by atoms with Gasteiger partial charge in [-0.3, -0.25) is 4.79 Å². The summed E-state index contributed by atoms with van der Waals surface area (Å²) in [6, 6.07) is 3.37. The average molecular weight is 372 g/mol. The van der Waals surface area contributed by atoms with Gasteiger partial charge in [0, 0.05) is 24.5 Å². The van der Waals surface area contributed by atoms with Gasteiger partial charge in [-0.25, -0.2) is 8.42 Å². The lowest BCUT2D eigenvalue weighted by Crippen LogP contribution is -2.52. The van der Waals surface area contributed by atoms with E-state index in [1.54, 1.807) is 12.1 Å². The SMILES string of the molecule is NCC1(NC(=O)Cc2ccc(S(=O)(=O)N3CCCC3)s2)CCCC1. The lowest BCUT2D eigenvalue weighted by Gasteiger charge is -2.28. The van der Waals surface area contributed by atoms with Crippen molar-refractivity contribution in [2.24, 2.45) is 5.73 Å². The van der Waals surface area contributed by atoms with Crippen LogP contribution in [0.1, 0.15) is 43.4 Å². The first-order chi connectivity index (χ1) is 11.5. The van der Waals surface area contributed by atoms with Crippen LogP contribution in [0, 0.1) is 0 Å². The minimum atomic E-state index is -3.39. The van der Waals surface area contributed by atoms with Crippen molar-refractivity contribution in [3.63, 3.8) is 0 Å². The zero-order valence-electron chi connectivity index (χ0n) is 13.8. The minimum absolute atomic E-state index is 0.0747. The van der Waals surface area contributed by atoms with E-state index in [4.69, 9.17) is 5.73 Å². The first-order valence-electron chi connectivity index (χ1n) is 8.55. The van der Waals surface area contributed by atoms with Gasteiger partial charge in [-0.15, -0.1) is 11.3 Å². The molecule has 8 heteroatoms. The lowest BCUT2D eigenvalue weighted by molar-refractivity contribution is -0.122. The summed E-state index contributed by atoms with van der Waals surface area (Å²) in [7, 11) is -3.39. The van der Waals surface area contributed by atoms with Crippen LogP contribution < -0.4 is 11.1 Å². The van der Waals surface area contributed by atoms with E-state index in [0.29, 0.717) is 23.8 Å². The Morgan fingerprint density at radius 1 is 1.21 bits per heavy atom. The van der Waals surface area contributed by atoms with Crippen molar-refractivity contribution < 1.29 is 13.2 Å². The van der Waals surface area contributed by atoms with Crippen LogP contribution in [0.2, 0.25) is 0 Å². The molecule has 6 nitrogen and oxygen atoms in total. The van der Waals surface area contributed by atoms with E-state index in [9.17, 15) is 13.2 Å². The third kappa shape index (κ3) is 3.66. The molecule has 1 amide bonds. The molecule has 1 aromatic rings. The molecule has 1 aliphatic carbocycles. The van der Waals surface area contributed by atoms with Crippen LogP contribution in [0.3, 0.4) is 0 Å². The van der Waals surface area contributed by atoms with E-state index in [1.807, 2.05) is 0 Å². The number of nitrogens with two attached hydrogens (primary N) is 1. The van der Waals surface area contributed by atoms with Crippen LogP contribution >= 0.6 is 11.3 Å². The van der Waals surface area contributed by atoms with Gasteiger partial charge in [0.2, 0.25) is 5.91 Å². The number of nitrogens with one attached hydrogen (secondary N) is 1. The molecule has 0 atom stereocenters. The van der Waals surface area contributed by atoms with Gasteiger partial charge >= 0.3 is 0 Å². The fourth-order valence-electron chi connectivity index (χ4n) is 3.58. The van der Waals surface area contributed by atoms with Crippen LogP contribution in [0.4, 0.5) is 0 Å². The Bertz CT molecular complexity index is 687. The molecule has 0 spiro atoms. The minimum Gasteiger partial charge on any atom is -0.349 e. The van der Waals surface area contributed by atoms with Crippen LogP contribution in [-0.4, -0.2) is 43.8 Å². The van der Waals surface area contributed by atoms with E-state index < -0.39 is 10.0 Å². The van der Waals surface area contributed by atoms with Gasteiger partial charge < -0.3 is 11.1 Å². The van der Waals surface area contributed by atoms with Crippen LogP contribution in [0.15, 0.2) is 16.3 Å². The molecule has 3 N–H and O–H groups in total. The fourth-order valence-corrected chi connectivity index (χ4v) is 6.60. The Morgan fingerprint density at radius 2 is 1.88 bits per heavy atom. The van der Waals surface area contributed by atoms with E-state index in [-0.39, 0.29) is 17.9 Å². The Balaban J connectivity index is 1.64. The molecule has 2 fully saturated rings. The molecule has 1 aliphatic heterocycles. The fraction of sp³-hybridized carbons (Fsp3) is 0.688. The second kappa shape index (κ2) is 7.11. The summed E-state index contributed by atoms with van der Waals surface area (Å²) in [4.78, 5) is 13.1. The van der Waals surface area contributed by atoms with Gasteiger partial charge in [0.15, 0.2) is 0 Å². The second-order valence-corrected chi connectivity index (χ2v) is 10.1. The van der Waals surface area contributed by atoms with Crippen molar-refractivity contribution in [2.75, 3.05) is 19.6 Å². The molecule has 2 aliphatic rings. The maximum absolute atomic E-state index is 12.5. The molecule has 1 saturated heterocycles. The third-order valence-electron chi connectivity index (χ3n) is 4.99. The predicted molar refractivity (Wildman–Crippen MR) is 94.4 cm³/mol. The largest absolute Gasteiger partial charge is 0.349 e. The summed E-state index contributed by atoms with van der Waals surface area (Å²) >= 11 is 1.20. The lowest BCUT2D eigenvalue weighted by atomic mass is 9.97. The number of carbonyl (C=O) groups is 1. The normalized spacial score (nSPS) is 21.2. The number of amides is 1. The molecule has 0 bridgehead atoms. The number of hydrogen-bond acceptors (Lipinski definition) is 5. The summed E-state index contributed by atoms with van der Waals surface area (Å²) in [6.07, 6.45) is 6.08. The Labute approximate surface area is 147 Å². The molecule has 0 aromatic carbocycles. The van der Waals surface area contributed by atoms with Crippen LogP contribution in [-0.2, 0) is 21.2 Å². The summed E-state index contributed by atoms with van der Waals surface area (Å²) < 4.78 is 26.9. The maximum Gasteiger partial charge on any atom is 0.252 e. The molecule has 134 valence electrons. The predicted octanol–water partition coefficient (Wildman–Crippen LogP) is 1.46. The van der Waals surface area contributed by atoms with Gasteiger partial charge in [0.1, 0.15) is 4.21 Å². The molecule has 1 aromatic heterocycles. The number of rotatable bonds is 6. The first-order valence-corrected chi connectivity index (χ1v) is 10.8. The summed E-state index contributed by atoms with van der Waals surface area (Å²) in [6.45, 7) is 1.64. The topological polar surface area (TPSA) is 92.5 Å². The highest BCUT2D eigenvalue weighted by atomic mass is 32.2. The highest BCUT2D eigenvalue weighted by molar-refractivity contribution is 7.91. The molecule has 0 unspecified atom stereocenters. The first kappa shape index (κ1) is 17.8. The maximum atomic E-state index is 12.5. The zero-order chi connectivity index (χ0) is 17.2. The standard InChI is InChI=1S/C16H25N3O3S2/c17-12-16(7-1-2-8-16)18-14(20)11-13-5-6-15(23-13)24(21,22)19-9-3-4-10-19/h5-6H,1-4,7-12,17H2,(H,18,20). The average Bonchev–Trinajstić information content (AvgIpc) is 3.29. The quantitative estimate of drug-likeness (QED) is 0.792. The van der Waals surface area contributed by atoms with Crippen LogP contribution in [0.25, 0.3) is 0 Å². The van der Waals surface area contributed by atoms with Crippen molar-refractivity contribution in [3.05, 3.63) is 17.0 Å². The highest BCUT2D eigenvalue weighted by Gasteiger charge is 2.34. The Hall–Kier alpha value is -0.960. The van der Waals surface area contributed by atoms with Crippen molar-refractivity contribution in [1.29, 1.82) is 0 Å². The van der Waals surface area contributed by atoms with Gasteiger partial charge in [-0.2, -0.15) is 4.31 Å². The monoisotopic (exact) mass is 371 g/mol. The van der Waals surface area contributed by atoms with E-state index in [0.717, 1.165) is 43.4 Å². The number of nitrogens with zero attached hydrogens (tertiary/aromatic N) is 1. The van der Waals surface area contributed by atoms with Gasteiger partial charge in [-0.1, -0.05) is 12.8 Å². The van der Waals surface area contributed by atoms with Crippen molar-refractivity contribution in [3.8, 4) is 0 Å². The second-order valence-electron chi connectivity index (χ2n) is 6.75.